The predicted octanol–water partition coefficient (Wildman–Crippen LogP) is 1.78. The van der Waals surface area contributed by atoms with Crippen molar-refractivity contribution in [2.24, 2.45) is 0 Å². The molecular weight excluding hydrogens is 222 g/mol. The van der Waals surface area contributed by atoms with Crippen LogP contribution in [0.25, 0.3) is 0 Å². The fourth-order valence-electron chi connectivity index (χ4n) is 1.48. The molecule has 4 nitrogen and oxygen atoms in total. The van der Waals surface area contributed by atoms with Gasteiger partial charge in [-0.1, -0.05) is 6.92 Å². The van der Waals surface area contributed by atoms with Crippen LogP contribution in [0.1, 0.15) is 25.1 Å². The highest BCUT2D eigenvalue weighted by Crippen LogP contribution is 2.19. The van der Waals surface area contributed by atoms with Crippen molar-refractivity contribution >= 4 is 16.5 Å². The van der Waals surface area contributed by atoms with E-state index >= 15 is 0 Å². The smallest absolute Gasteiger partial charge is 0.182 e. The topological polar surface area (TPSA) is 48.4 Å². The largest absolute Gasteiger partial charge is 0.396 e. The van der Waals surface area contributed by atoms with Gasteiger partial charge in [-0.15, -0.1) is 11.3 Å². The average molecular weight is 243 g/mol. The van der Waals surface area contributed by atoms with Gasteiger partial charge in [0.2, 0.25) is 0 Å². The van der Waals surface area contributed by atoms with Crippen molar-refractivity contribution in [1.82, 2.24) is 9.88 Å². The average Bonchev–Trinajstić information content (AvgIpc) is 2.72. The van der Waals surface area contributed by atoms with Gasteiger partial charge in [0, 0.05) is 37.3 Å². The van der Waals surface area contributed by atoms with E-state index in [2.05, 4.69) is 29.0 Å². The lowest BCUT2D eigenvalue weighted by atomic mass is 10.3. The van der Waals surface area contributed by atoms with Crippen molar-refractivity contribution in [2.75, 3.05) is 31.6 Å². The Hall–Kier alpha value is -0.650. The summed E-state index contributed by atoms with van der Waals surface area (Å²) in [6.45, 7) is 8.27. The van der Waals surface area contributed by atoms with Crippen molar-refractivity contribution in [1.29, 1.82) is 0 Å². The Kier molecular flexibility index (Phi) is 6.37. The van der Waals surface area contributed by atoms with Gasteiger partial charge in [-0.3, -0.25) is 4.90 Å². The minimum absolute atomic E-state index is 0.266. The normalized spacial score (nSPS) is 11.0. The van der Waals surface area contributed by atoms with Crippen LogP contribution in [0, 0.1) is 0 Å². The van der Waals surface area contributed by atoms with Crippen molar-refractivity contribution in [3.63, 3.8) is 0 Å². The molecule has 0 aliphatic rings. The van der Waals surface area contributed by atoms with Crippen LogP contribution < -0.4 is 5.32 Å². The van der Waals surface area contributed by atoms with Crippen LogP contribution in [-0.2, 0) is 6.54 Å². The molecule has 92 valence electrons. The Morgan fingerprint density at radius 1 is 1.50 bits per heavy atom. The van der Waals surface area contributed by atoms with Gasteiger partial charge < -0.3 is 10.4 Å². The van der Waals surface area contributed by atoms with E-state index in [1.807, 2.05) is 6.20 Å². The SMILES string of the molecule is CCNc1ncc(CN(CC)CCCO)s1. The quantitative estimate of drug-likeness (QED) is 0.730. The lowest BCUT2D eigenvalue weighted by molar-refractivity contribution is 0.226. The molecule has 0 atom stereocenters. The van der Waals surface area contributed by atoms with Gasteiger partial charge in [-0.05, 0) is 19.9 Å². The lowest BCUT2D eigenvalue weighted by Crippen LogP contribution is -2.24. The number of aliphatic hydroxyl groups excluding tert-OH is 1. The molecule has 0 aromatic carbocycles. The number of hydrogen-bond acceptors (Lipinski definition) is 5. The third kappa shape index (κ3) is 4.47. The zero-order valence-electron chi connectivity index (χ0n) is 10.1. The number of aromatic nitrogens is 1. The summed E-state index contributed by atoms with van der Waals surface area (Å²) in [6.07, 6.45) is 2.77. The summed E-state index contributed by atoms with van der Waals surface area (Å²) in [5, 5.41) is 13.0. The molecule has 0 unspecified atom stereocenters. The van der Waals surface area contributed by atoms with Crippen molar-refractivity contribution in [2.45, 2.75) is 26.8 Å². The number of hydrogen-bond donors (Lipinski definition) is 2. The molecule has 1 aromatic rings. The summed E-state index contributed by atoms with van der Waals surface area (Å²) >= 11 is 1.71. The van der Waals surface area contributed by atoms with Gasteiger partial charge in [0.15, 0.2) is 5.13 Å². The first kappa shape index (κ1) is 13.4. The Morgan fingerprint density at radius 2 is 2.31 bits per heavy atom. The van der Waals surface area contributed by atoms with E-state index in [0.717, 1.165) is 37.7 Å². The molecule has 0 fully saturated rings. The molecule has 16 heavy (non-hydrogen) atoms. The molecule has 0 saturated carbocycles. The second-order valence-electron chi connectivity index (χ2n) is 3.61. The zero-order chi connectivity index (χ0) is 11.8. The van der Waals surface area contributed by atoms with E-state index in [9.17, 15) is 0 Å². The fraction of sp³-hybridized carbons (Fsp3) is 0.727. The number of anilines is 1. The second kappa shape index (κ2) is 7.60. The molecule has 2 N–H and O–H groups in total. The van der Waals surface area contributed by atoms with Crippen LogP contribution in [0.3, 0.4) is 0 Å². The Labute approximate surface area is 101 Å². The number of nitrogens with one attached hydrogen (secondary N) is 1. The van der Waals surface area contributed by atoms with Gasteiger partial charge in [-0.25, -0.2) is 4.98 Å². The van der Waals surface area contributed by atoms with Crippen LogP contribution in [0.5, 0.6) is 0 Å². The maximum absolute atomic E-state index is 8.80. The molecule has 0 saturated heterocycles. The predicted molar refractivity (Wildman–Crippen MR) is 68.9 cm³/mol. The van der Waals surface area contributed by atoms with Crippen molar-refractivity contribution in [3.05, 3.63) is 11.1 Å². The molecule has 0 amide bonds. The van der Waals surface area contributed by atoms with Crippen LogP contribution in [-0.4, -0.2) is 41.2 Å². The van der Waals surface area contributed by atoms with Gasteiger partial charge in [-0.2, -0.15) is 0 Å². The molecule has 0 aliphatic heterocycles. The Balaban J connectivity index is 2.43. The molecule has 0 aliphatic carbocycles. The standard InChI is InChI=1S/C11H21N3OS/c1-3-12-11-13-8-10(16-11)9-14(4-2)6-5-7-15/h8,15H,3-7,9H2,1-2H3,(H,12,13). The molecule has 0 bridgehead atoms. The first-order valence-electron chi connectivity index (χ1n) is 5.81. The first-order chi connectivity index (χ1) is 7.80. The molecule has 0 radical (unpaired) electrons. The van der Waals surface area contributed by atoms with Gasteiger partial charge >= 0.3 is 0 Å². The number of aliphatic hydroxyl groups is 1. The number of rotatable bonds is 8. The summed E-state index contributed by atoms with van der Waals surface area (Å²) < 4.78 is 0. The first-order valence-corrected chi connectivity index (χ1v) is 6.63. The maximum atomic E-state index is 8.80. The minimum Gasteiger partial charge on any atom is -0.396 e. The highest BCUT2D eigenvalue weighted by molar-refractivity contribution is 7.15. The van der Waals surface area contributed by atoms with Crippen molar-refractivity contribution in [3.8, 4) is 0 Å². The highest BCUT2D eigenvalue weighted by Gasteiger charge is 2.06. The highest BCUT2D eigenvalue weighted by atomic mass is 32.1. The molecule has 5 heteroatoms. The zero-order valence-corrected chi connectivity index (χ0v) is 10.9. The van der Waals surface area contributed by atoms with Gasteiger partial charge in [0.25, 0.3) is 0 Å². The third-order valence-corrected chi connectivity index (χ3v) is 3.28. The maximum Gasteiger partial charge on any atom is 0.182 e. The van der Waals surface area contributed by atoms with E-state index in [1.165, 1.54) is 4.88 Å². The molecule has 1 heterocycles. The monoisotopic (exact) mass is 243 g/mol. The van der Waals surface area contributed by atoms with Crippen LogP contribution in [0.15, 0.2) is 6.20 Å². The van der Waals surface area contributed by atoms with Crippen molar-refractivity contribution < 1.29 is 5.11 Å². The van der Waals surface area contributed by atoms with Gasteiger partial charge in [0.05, 0.1) is 0 Å². The summed E-state index contributed by atoms with van der Waals surface area (Å²) in [5.74, 6) is 0. The minimum atomic E-state index is 0.266. The van der Waals surface area contributed by atoms with E-state index in [0.29, 0.717) is 0 Å². The third-order valence-electron chi connectivity index (χ3n) is 2.34. The molecule has 0 spiro atoms. The van der Waals surface area contributed by atoms with Crippen LogP contribution in [0.4, 0.5) is 5.13 Å². The van der Waals surface area contributed by atoms with Crippen LogP contribution in [0.2, 0.25) is 0 Å². The Bertz CT molecular complexity index is 291. The Morgan fingerprint density at radius 3 is 2.94 bits per heavy atom. The number of nitrogens with zero attached hydrogens (tertiary/aromatic N) is 2. The van der Waals surface area contributed by atoms with Crippen LogP contribution >= 0.6 is 11.3 Å². The second-order valence-corrected chi connectivity index (χ2v) is 4.72. The summed E-state index contributed by atoms with van der Waals surface area (Å²) in [6, 6.07) is 0. The summed E-state index contributed by atoms with van der Waals surface area (Å²) in [4.78, 5) is 7.90. The summed E-state index contributed by atoms with van der Waals surface area (Å²) in [5.41, 5.74) is 0. The summed E-state index contributed by atoms with van der Waals surface area (Å²) in [7, 11) is 0. The van der Waals surface area contributed by atoms with E-state index in [-0.39, 0.29) is 6.61 Å². The lowest BCUT2D eigenvalue weighted by Gasteiger charge is -2.18. The van der Waals surface area contributed by atoms with Gasteiger partial charge in [0.1, 0.15) is 0 Å². The molecule has 1 rings (SSSR count). The molecule has 1 aromatic heterocycles. The van der Waals surface area contributed by atoms with E-state index < -0.39 is 0 Å². The fourth-order valence-corrected chi connectivity index (χ4v) is 2.40. The van der Waals surface area contributed by atoms with E-state index in [4.69, 9.17) is 5.11 Å². The molecular formula is C11H21N3OS. The number of thiazole rings is 1. The van der Waals surface area contributed by atoms with E-state index in [1.54, 1.807) is 11.3 Å².